The Balaban J connectivity index is 2.18. The van der Waals surface area contributed by atoms with Crippen molar-refractivity contribution in [3.63, 3.8) is 0 Å². The third-order valence-electron chi connectivity index (χ3n) is 2.94. The van der Waals surface area contributed by atoms with E-state index < -0.39 is 4.92 Å². The summed E-state index contributed by atoms with van der Waals surface area (Å²) < 4.78 is 1.04. The molecule has 1 heterocycles. The highest BCUT2D eigenvalue weighted by molar-refractivity contribution is 9.10. The number of pyridine rings is 1. The molecule has 104 valence electrons. The third kappa shape index (κ3) is 3.33. The van der Waals surface area contributed by atoms with Gasteiger partial charge in [-0.15, -0.1) is 0 Å². The minimum atomic E-state index is -0.432. The van der Waals surface area contributed by atoms with E-state index in [0.29, 0.717) is 6.54 Å². The van der Waals surface area contributed by atoms with Gasteiger partial charge in [0.15, 0.2) is 0 Å². The van der Waals surface area contributed by atoms with Crippen molar-refractivity contribution in [1.82, 2.24) is 4.98 Å². The number of benzene rings is 1. The standard InChI is InChI=1S/C14H14BrN3O2/c1-10-7-13(18(19)20)8-16-14(10)17(2)9-11-3-5-12(15)6-4-11/h3-8H,9H2,1-2H3. The number of hydrogen-bond acceptors (Lipinski definition) is 4. The molecule has 0 unspecified atom stereocenters. The highest BCUT2D eigenvalue weighted by Crippen LogP contribution is 2.22. The van der Waals surface area contributed by atoms with Crippen LogP contribution in [-0.4, -0.2) is 17.0 Å². The van der Waals surface area contributed by atoms with Gasteiger partial charge >= 0.3 is 0 Å². The van der Waals surface area contributed by atoms with Crippen molar-refractivity contribution in [1.29, 1.82) is 0 Å². The molecule has 0 fully saturated rings. The van der Waals surface area contributed by atoms with Crippen molar-refractivity contribution in [2.75, 3.05) is 11.9 Å². The molecule has 0 saturated heterocycles. The number of nitro groups is 1. The summed E-state index contributed by atoms with van der Waals surface area (Å²) in [4.78, 5) is 16.4. The van der Waals surface area contributed by atoms with Gasteiger partial charge in [0.05, 0.1) is 4.92 Å². The molecule has 0 aliphatic carbocycles. The van der Waals surface area contributed by atoms with Gasteiger partial charge in [-0.1, -0.05) is 28.1 Å². The van der Waals surface area contributed by atoms with Crippen molar-refractivity contribution < 1.29 is 4.92 Å². The number of rotatable bonds is 4. The van der Waals surface area contributed by atoms with Gasteiger partial charge in [0.25, 0.3) is 5.69 Å². The first-order valence-electron chi connectivity index (χ1n) is 6.04. The Bertz CT molecular complexity index is 629. The van der Waals surface area contributed by atoms with Gasteiger partial charge in [-0.25, -0.2) is 4.98 Å². The SMILES string of the molecule is Cc1cc([N+](=O)[O-])cnc1N(C)Cc1ccc(Br)cc1. The van der Waals surface area contributed by atoms with Crippen LogP contribution in [0.5, 0.6) is 0 Å². The molecule has 0 N–H and O–H groups in total. The minimum absolute atomic E-state index is 0.0169. The van der Waals surface area contributed by atoms with Gasteiger partial charge < -0.3 is 4.90 Å². The van der Waals surface area contributed by atoms with Crippen molar-refractivity contribution in [3.05, 3.63) is 62.2 Å². The average molecular weight is 336 g/mol. The van der Waals surface area contributed by atoms with E-state index in [4.69, 9.17) is 0 Å². The number of anilines is 1. The first-order valence-corrected chi connectivity index (χ1v) is 6.83. The molecule has 0 aliphatic heterocycles. The molecule has 20 heavy (non-hydrogen) atoms. The zero-order valence-electron chi connectivity index (χ0n) is 11.2. The van der Waals surface area contributed by atoms with Crippen LogP contribution < -0.4 is 4.90 Å². The number of hydrogen-bond donors (Lipinski definition) is 0. The molecule has 0 saturated carbocycles. The van der Waals surface area contributed by atoms with Gasteiger partial charge in [0.1, 0.15) is 12.0 Å². The lowest BCUT2D eigenvalue weighted by Gasteiger charge is -2.20. The summed E-state index contributed by atoms with van der Waals surface area (Å²) in [6.45, 7) is 2.52. The summed E-state index contributed by atoms with van der Waals surface area (Å²) in [6, 6.07) is 9.57. The smallest absolute Gasteiger partial charge is 0.287 e. The summed E-state index contributed by atoms with van der Waals surface area (Å²) in [5.74, 6) is 0.749. The molecular formula is C14H14BrN3O2. The summed E-state index contributed by atoms with van der Waals surface area (Å²) in [7, 11) is 1.92. The predicted octanol–water partition coefficient (Wildman–Crippen LogP) is 3.70. The second kappa shape index (κ2) is 6.00. The quantitative estimate of drug-likeness (QED) is 0.631. The monoisotopic (exact) mass is 335 g/mol. The highest BCUT2D eigenvalue weighted by Gasteiger charge is 2.12. The molecule has 0 aliphatic rings. The lowest BCUT2D eigenvalue weighted by atomic mass is 10.2. The molecule has 1 aromatic carbocycles. The largest absolute Gasteiger partial charge is 0.355 e. The van der Waals surface area contributed by atoms with Crippen LogP contribution in [0.15, 0.2) is 41.0 Å². The zero-order chi connectivity index (χ0) is 14.7. The molecule has 6 heteroatoms. The first-order chi connectivity index (χ1) is 9.47. The minimum Gasteiger partial charge on any atom is -0.355 e. The molecule has 1 aromatic heterocycles. The van der Waals surface area contributed by atoms with E-state index in [9.17, 15) is 10.1 Å². The topological polar surface area (TPSA) is 59.3 Å². The fraction of sp³-hybridized carbons (Fsp3) is 0.214. The number of nitrogens with zero attached hydrogens (tertiary/aromatic N) is 3. The molecule has 0 bridgehead atoms. The second-order valence-electron chi connectivity index (χ2n) is 4.57. The Morgan fingerprint density at radius 3 is 2.55 bits per heavy atom. The van der Waals surface area contributed by atoms with Crippen LogP contribution in [-0.2, 0) is 6.54 Å². The van der Waals surface area contributed by atoms with E-state index in [1.54, 1.807) is 6.07 Å². The Hall–Kier alpha value is -1.95. The Labute approximate surface area is 125 Å². The maximum absolute atomic E-state index is 10.7. The fourth-order valence-corrected chi connectivity index (χ4v) is 2.26. The van der Waals surface area contributed by atoms with Crippen LogP contribution >= 0.6 is 15.9 Å². The molecular weight excluding hydrogens is 322 g/mol. The number of aromatic nitrogens is 1. The molecule has 2 rings (SSSR count). The number of aryl methyl sites for hydroxylation is 1. The van der Waals surface area contributed by atoms with Gasteiger partial charge in [0, 0.05) is 24.1 Å². The molecule has 0 amide bonds. The van der Waals surface area contributed by atoms with Gasteiger partial charge in [-0.3, -0.25) is 10.1 Å². The van der Waals surface area contributed by atoms with E-state index in [1.165, 1.54) is 6.20 Å². The van der Waals surface area contributed by atoms with E-state index in [1.807, 2.05) is 43.1 Å². The molecule has 5 nitrogen and oxygen atoms in total. The van der Waals surface area contributed by atoms with Crippen molar-refractivity contribution in [2.24, 2.45) is 0 Å². The molecule has 0 radical (unpaired) electrons. The Morgan fingerprint density at radius 2 is 2.00 bits per heavy atom. The first kappa shape index (κ1) is 14.5. The summed E-state index contributed by atoms with van der Waals surface area (Å²) >= 11 is 3.40. The third-order valence-corrected chi connectivity index (χ3v) is 3.47. The van der Waals surface area contributed by atoms with E-state index in [-0.39, 0.29) is 5.69 Å². The Kier molecular flexibility index (Phi) is 4.34. The number of halogens is 1. The average Bonchev–Trinajstić information content (AvgIpc) is 2.41. The summed E-state index contributed by atoms with van der Waals surface area (Å²) in [6.07, 6.45) is 1.29. The van der Waals surface area contributed by atoms with Gasteiger partial charge in [-0.05, 0) is 30.2 Å². The van der Waals surface area contributed by atoms with Crippen LogP contribution in [0.3, 0.4) is 0 Å². The zero-order valence-corrected chi connectivity index (χ0v) is 12.8. The summed E-state index contributed by atoms with van der Waals surface area (Å²) in [5.41, 5.74) is 1.96. The van der Waals surface area contributed by atoms with Crippen molar-refractivity contribution >= 4 is 27.4 Å². The van der Waals surface area contributed by atoms with Gasteiger partial charge in [-0.2, -0.15) is 0 Å². The molecule has 2 aromatic rings. The van der Waals surface area contributed by atoms with Crippen LogP contribution in [0.4, 0.5) is 11.5 Å². The van der Waals surface area contributed by atoms with Crippen molar-refractivity contribution in [2.45, 2.75) is 13.5 Å². The predicted molar refractivity (Wildman–Crippen MR) is 81.9 cm³/mol. The summed E-state index contributed by atoms with van der Waals surface area (Å²) in [5, 5.41) is 10.7. The lowest BCUT2D eigenvalue weighted by Crippen LogP contribution is -2.18. The fourth-order valence-electron chi connectivity index (χ4n) is 1.99. The lowest BCUT2D eigenvalue weighted by molar-refractivity contribution is -0.385. The van der Waals surface area contributed by atoms with E-state index in [0.717, 1.165) is 21.4 Å². The van der Waals surface area contributed by atoms with E-state index >= 15 is 0 Å². The molecule has 0 atom stereocenters. The van der Waals surface area contributed by atoms with Crippen molar-refractivity contribution in [3.8, 4) is 0 Å². The van der Waals surface area contributed by atoms with E-state index in [2.05, 4.69) is 20.9 Å². The Morgan fingerprint density at radius 1 is 1.35 bits per heavy atom. The van der Waals surface area contributed by atoms with Gasteiger partial charge in [0.2, 0.25) is 0 Å². The van der Waals surface area contributed by atoms with Crippen LogP contribution in [0.25, 0.3) is 0 Å². The highest BCUT2D eigenvalue weighted by atomic mass is 79.9. The molecule has 0 spiro atoms. The van der Waals surface area contributed by atoms with Crippen LogP contribution in [0, 0.1) is 17.0 Å². The second-order valence-corrected chi connectivity index (χ2v) is 5.49. The maximum atomic E-state index is 10.7. The van der Waals surface area contributed by atoms with Crippen LogP contribution in [0.2, 0.25) is 0 Å². The normalized spacial score (nSPS) is 10.3. The van der Waals surface area contributed by atoms with Crippen LogP contribution in [0.1, 0.15) is 11.1 Å². The maximum Gasteiger partial charge on any atom is 0.287 e.